The van der Waals surface area contributed by atoms with Crippen LogP contribution in [0.25, 0.3) is 0 Å². The molecule has 0 saturated carbocycles. The van der Waals surface area contributed by atoms with Crippen molar-refractivity contribution < 1.29 is 54.9 Å². The first kappa shape index (κ1) is 24.7. The number of nitro benzene ring substituents is 1. The summed E-state index contributed by atoms with van der Waals surface area (Å²) in [6, 6.07) is 5.33. The quantitative estimate of drug-likeness (QED) is 0.146. The molecule has 32 heavy (non-hydrogen) atoms. The second kappa shape index (κ2) is 10.3. The molecule has 2 fully saturated rings. The van der Waals surface area contributed by atoms with Crippen molar-refractivity contribution in [1.82, 2.24) is 0 Å². The fraction of sp³-hybridized carbons (Fsp3) is 0.667. The normalized spacial score (nSPS) is 40.1. The first-order chi connectivity index (χ1) is 15.2. The molecule has 0 aromatic heterocycles. The van der Waals surface area contributed by atoms with Crippen LogP contribution in [-0.2, 0) is 14.2 Å². The minimum atomic E-state index is -1.77. The van der Waals surface area contributed by atoms with E-state index in [-0.39, 0.29) is 11.4 Å². The summed E-state index contributed by atoms with van der Waals surface area (Å²) in [6.07, 6.45) is -15.3. The van der Waals surface area contributed by atoms with Gasteiger partial charge < -0.3 is 55.3 Å². The lowest BCUT2D eigenvalue weighted by atomic mass is 9.96. The number of anilines is 1. The summed E-state index contributed by atoms with van der Waals surface area (Å²) in [5.74, 6) is 0. The molecule has 2 heterocycles. The highest BCUT2D eigenvalue weighted by atomic mass is 16.7. The number of hydrogen-bond donors (Lipinski definition) is 8. The van der Waals surface area contributed by atoms with Gasteiger partial charge in [0.2, 0.25) is 0 Å². The second-order valence-corrected chi connectivity index (χ2v) is 7.51. The lowest BCUT2D eigenvalue weighted by Gasteiger charge is -2.46. The molecule has 3 rings (SSSR count). The molecule has 1 aromatic carbocycles. The Morgan fingerprint density at radius 2 is 1.62 bits per heavy atom. The van der Waals surface area contributed by atoms with E-state index in [1.807, 2.05) is 0 Å². The van der Waals surface area contributed by atoms with Crippen LogP contribution in [0.4, 0.5) is 11.4 Å². The zero-order valence-electron chi connectivity index (χ0n) is 16.6. The van der Waals surface area contributed by atoms with Crippen LogP contribution in [0.1, 0.15) is 0 Å². The molecule has 2 aliphatic rings. The maximum atomic E-state index is 10.9. The summed E-state index contributed by atoms with van der Waals surface area (Å²) in [5, 5.41) is 83.5. The number of nitrogens with one attached hydrogen (secondary N) is 1. The number of rotatable bonds is 7. The van der Waals surface area contributed by atoms with Gasteiger partial charge in [0.15, 0.2) is 12.5 Å². The molecular weight excluding hydrogens is 436 g/mol. The predicted octanol–water partition coefficient (Wildman–Crippen LogP) is -3.37. The van der Waals surface area contributed by atoms with Gasteiger partial charge in [0.05, 0.1) is 18.1 Å². The number of non-ortho nitro benzene ring substituents is 1. The van der Waals surface area contributed by atoms with Gasteiger partial charge in [-0.1, -0.05) is 6.07 Å². The van der Waals surface area contributed by atoms with E-state index in [1.54, 1.807) is 0 Å². The molecule has 8 N–H and O–H groups in total. The Kier molecular flexibility index (Phi) is 7.94. The smallest absolute Gasteiger partial charge is 0.271 e. The molecule has 0 radical (unpaired) electrons. The van der Waals surface area contributed by atoms with Crippen molar-refractivity contribution in [1.29, 1.82) is 0 Å². The fourth-order valence-electron chi connectivity index (χ4n) is 3.58. The number of nitrogens with zero attached hydrogens (tertiary/aromatic N) is 1. The predicted molar refractivity (Wildman–Crippen MR) is 103 cm³/mol. The van der Waals surface area contributed by atoms with Gasteiger partial charge in [0, 0.05) is 17.8 Å². The third-order valence-corrected chi connectivity index (χ3v) is 5.37. The van der Waals surface area contributed by atoms with Gasteiger partial charge in [-0.3, -0.25) is 10.1 Å². The molecular formula is C18H26N2O12. The van der Waals surface area contributed by atoms with Gasteiger partial charge in [-0.25, -0.2) is 0 Å². The van der Waals surface area contributed by atoms with E-state index < -0.39 is 79.5 Å². The Morgan fingerprint density at radius 3 is 2.25 bits per heavy atom. The molecule has 14 heteroatoms. The Labute approximate surface area is 181 Å². The molecule has 14 nitrogen and oxygen atoms in total. The van der Waals surface area contributed by atoms with Crippen LogP contribution in [0.5, 0.6) is 0 Å². The molecule has 2 saturated heterocycles. The molecule has 2 aliphatic heterocycles. The highest BCUT2D eigenvalue weighted by molar-refractivity contribution is 5.51. The summed E-state index contributed by atoms with van der Waals surface area (Å²) in [5.41, 5.74) is -0.0103. The zero-order chi connectivity index (χ0) is 23.6. The summed E-state index contributed by atoms with van der Waals surface area (Å²) in [7, 11) is 0. The van der Waals surface area contributed by atoms with Crippen LogP contribution in [0.2, 0.25) is 0 Å². The molecule has 10 atom stereocenters. The van der Waals surface area contributed by atoms with Gasteiger partial charge in [0.1, 0.15) is 48.8 Å². The monoisotopic (exact) mass is 462 g/mol. The lowest BCUT2D eigenvalue weighted by molar-refractivity contribution is -0.384. The van der Waals surface area contributed by atoms with Gasteiger partial charge in [-0.05, 0) is 6.07 Å². The van der Waals surface area contributed by atoms with E-state index in [4.69, 9.17) is 14.2 Å². The van der Waals surface area contributed by atoms with Gasteiger partial charge in [-0.2, -0.15) is 0 Å². The number of nitro groups is 1. The summed E-state index contributed by atoms with van der Waals surface area (Å²) in [4.78, 5) is 10.3. The number of ether oxygens (including phenoxy) is 3. The molecule has 180 valence electrons. The van der Waals surface area contributed by atoms with E-state index in [9.17, 15) is 45.9 Å². The van der Waals surface area contributed by atoms with Crippen LogP contribution < -0.4 is 5.32 Å². The minimum Gasteiger partial charge on any atom is -0.394 e. The van der Waals surface area contributed by atoms with Crippen molar-refractivity contribution in [3.05, 3.63) is 34.4 Å². The van der Waals surface area contributed by atoms with Crippen molar-refractivity contribution >= 4 is 11.4 Å². The van der Waals surface area contributed by atoms with Crippen LogP contribution in [0.3, 0.4) is 0 Å². The average Bonchev–Trinajstić information content (AvgIpc) is 2.78. The maximum absolute atomic E-state index is 10.9. The van der Waals surface area contributed by atoms with Gasteiger partial charge >= 0.3 is 0 Å². The highest BCUT2D eigenvalue weighted by Crippen LogP contribution is 2.30. The Hall–Kier alpha value is -1.98. The Bertz CT molecular complexity index is 780. The zero-order valence-corrected chi connectivity index (χ0v) is 16.6. The first-order valence-corrected chi connectivity index (χ1v) is 9.77. The average molecular weight is 462 g/mol. The number of hydrogen-bond acceptors (Lipinski definition) is 13. The van der Waals surface area contributed by atoms with Crippen molar-refractivity contribution in [2.75, 3.05) is 18.5 Å². The van der Waals surface area contributed by atoms with E-state index in [1.165, 1.54) is 24.3 Å². The third-order valence-electron chi connectivity index (χ3n) is 5.37. The minimum absolute atomic E-state index is 0.209. The van der Waals surface area contributed by atoms with Crippen LogP contribution in [0, 0.1) is 10.1 Å². The van der Waals surface area contributed by atoms with E-state index in [2.05, 4.69) is 5.32 Å². The van der Waals surface area contributed by atoms with E-state index in [0.717, 1.165) is 0 Å². The molecule has 0 unspecified atom stereocenters. The molecule has 1 aromatic rings. The molecule has 0 amide bonds. The van der Waals surface area contributed by atoms with Crippen LogP contribution in [0.15, 0.2) is 24.3 Å². The van der Waals surface area contributed by atoms with Crippen LogP contribution >= 0.6 is 0 Å². The first-order valence-electron chi connectivity index (χ1n) is 9.77. The standard InChI is InChI=1S/C18H26N2O12/c21-5-9-11(23)12(24)15(27)18(31-9)32-16-10(6-22)30-17(14(26)13(16)25)19-7-2-1-3-8(4-7)20(28)29/h1-4,9-19,21-27H,5-6H2/t9-,10-,11+,12+,13-,14-,15+,16+,17-,18+/m0/s1. The topological polar surface area (TPSA) is 224 Å². The second-order valence-electron chi connectivity index (χ2n) is 7.51. The van der Waals surface area contributed by atoms with Crippen molar-refractivity contribution in [3.63, 3.8) is 0 Å². The maximum Gasteiger partial charge on any atom is 0.271 e. The lowest BCUT2D eigenvalue weighted by Crippen LogP contribution is -2.65. The number of aliphatic hydroxyl groups is 7. The van der Waals surface area contributed by atoms with E-state index >= 15 is 0 Å². The van der Waals surface area contributed by atoms with Crippen molar-refractivity contribution in [2.24, 2.45) is 0 Å². The Balaban J connectivity index is 1.72. The summed E-state index contributed by atoms with van der Waals surface area (Å²) >= 11 is 0. The summed E-state index contributed by atoms with van der Waals surface area (Å²) < 4.78 is 16.2. The van der Waals surface area contributed by atoms with Crippen molar-refractivity contribution in [3.8, 4) is 0 Å². The molecule has 0 spiro atoms. The number of benzene rings is 1. The fourth-order valence-corrected chi connectivity index (χ4v) is 3.58. The largest absolute Gasteiger partial charge is 0.394 e. The van der Waals surface area contributed by atoms with Gasteiger partial charge in [-0.15, -0.1) is 0 Å². The number of aliphatic hydroxyl groups excluding tert-OH is 7. The molecule has 0 aliphatic carbocycles. The van der Waals surface area contributed by atoms with E-state index in [0.29, 0.717) is 0 Å². The Morgan fingerprint density at radius 1 is 0.938 bits per heavy atom. The van der Waals surface area contributed by atoms with Crippen molar-refractivity contribution in [2.45, 2.75) is 61.3 Å². The van der Waals surface area contributed by atoms with Crippen LogP contribution in [-0.4, -0.2) is 115 Å². The summed E-state index contributed by atoms with van der Waals surface area (Å²) in [6.45, 7) is -1.39. The third kappa shape index (κ3) is 4.99. The SMILES string of the molecule is O=[N+]([O-])c1cccc(N[C@H]2O[C@@H](CO)[C@@H](O[C@H]3O[C@@H](CO)[C@@H](O)[C@@H](O)[C@H]3O)[C@@H](O)[C@@H]2O)c1. The van der Waals surface area contributed by atoms with Gasteiger partial charge in [0.25, 0.3) is 5.69 Å². The molecule has 0 bridgehead atoms. The highest BCUT2D eigenvalue weighted by Gasteiger charge is 2.50.